The Labute approximate surface area is 93.0 Å². The SMILES string of the molecule is NCC1CCC(CN2CCOCC2)CC1. The average molecular weight is 212 g/mol. The molecule has 3 heteroatoms. The minimum Gasteiger partial charge on any atom is -0.379 e. The molecule has 1 saturated carbocycles. The highest BCUT2D eigenvalue weighted by Gasteiger charge is 2.22. The van der Waals surface area contributed by atoms with Crippen molar-refractivity contribution in [3.63, 3.8) is 0 Å². The second kappa shape index (κ2) is 5.83. The molecular weight excluding hydrogens is 188 g/mol. The molecule has 0 unspecified atom stereocenters. The molecule has 0 atom stereocenters. The maximum Gasteiger partial charge on any atom is 0.0594 e. The average Bonchev–Trinajstić information content (AvgIpc) is 2.31. The van der Waals surface area contributed by atoms with Crippen molar-refractivity contribution in [2.45, 2.75) is 25.7 Å². The topological polar surface area (TPSA) is 38.5 Å². The van der Waals surface area contributed by atoms with Gasteiger partial charge in [0, 0.05) is 19.6 Å². The number of morpholine rings is 1. The largest absolute Gasteiger partial charge is 0.379 e. The summed E-state index contributed by atoms with van der Waals surface area (Å²) in [6.45, 7) is 6.31. The van der Waals surface area contributed by atoms with E-state index >= 15 is 0 Å². The fourth-order valence-electron chi connectivity index (χ4n) is 2.80. The summed E-state index contributed by atoms with van der Waals surface area (Å²) in [6, 6.07) is 0. The van der Waals surface area contributed by atoms with Gasteiger partial charge in [-0.2, -0.15) is 0 Å². The first kappa shape index (κ1) is 11.4. The van der Waals surface area contributed by atoms with Gasteiger partial charge in [0.2, 0.25) is 0 Å². The molecule has 0 aromatic carbocycles. The van der Waals surface area contributed by atoms with Gasteiger partial charge in [-0.1, -0.05) is 0 Å². The van der Waals surface area contributed by atoms with E-state index in [1.807, 2.05) is 0 Å². The Morgan fingerprint density at radius 3 is 2.20 bits per heavy atom. The zero-order valence-electron chi connectivity index (χ0n) is 9.66. The first-order chi connectivity index (χ1) is 7.38. The van der Waals surface area contributed by atoms with Crippen LogP contribution >= 0.6 is 0 Å². The fraction of sp³-hybridized carbons (Fsp3) is 1.00. The predicted molar refractivity (Wildman–Crippen MR) is 61.8 cm³/mol. The molecule has 0 radical (unpaired) electrons. The second-order valence-electron chi connectivity index (χ2n) is 5.04. The van der Waals surface area contributed by atoms with Crippen LogP contribution in [0.4, 0.5) is 0 Å². The van der Waals surface area contributed by atoms with Crippen molar-refractivity contribution in [3.8, 4) is 0 Å². The van der Waals surface area contributed by atoms with Crippen LogP contribution in [0.3, 0.4) is 0 Å². The minimum absolute atomic E-state index is 0.811. The van der Waals surface area contributed by atoms with E-state index < -0.39 is 0 Å². The van der Waals surface area contributed by atoms with Gasteiger partial charge in [0.25, 0.3) is 0 Å². The van der Waals surface area contributed by atoms with Crippen LogP contribution in [-0.4, -0.2) is 44.3 Å². The quantitative estimate of drug-likeness (QED) is 0.761. The Hall–Kier alpha value is -0.120. The van der Waals surface area contributed by atoms with E-state index in [4.69, 9.17) is 10.5 Å². The van der Waals surface area contributed by atoms with E-state index in [9.17, 15) is 0 Å². The molecule has 15 heavy (non-hydrogen) atoms. The lowest BCUT2D eigenvalue weighted by atomic mass is 9.82. The molecule has 3 nitrogen and oxygen atoms in total. The van der Waals surface area contributed by atoms with E-state index in [0.29, 0.717) is 0 Å². The fourth-order valence-corrected chi connectivity index (χ4v) is 2.80. The summed E-state index contributed by atoms with van der Waals surface area (Å²) in [4.78, 5) is 2.57. The molecule has 1 aliphatic carbocycles. The van der Waals surface area contributed by atoms with Crippen molar-refractivity contribution in [1.29, 1.82) is 0 Å². The summed E-state index contributed by atoms with van der Waals surface area (Å²) in [6.07, 6.45) is 5.48. The third-order valence-electron chi connectivity index (χ3n) is 3.92. The number of rotatable bonds is 3. The maximum absolute atomic E-state index is 5.71. The van der Waals surface area contributed by atoms with Crippen LogP contribution in [0.2, 0.25) is 0 Å². The molecule has 0 aromatic rings. The number of nitrogens with zero attached hydrogens (tertiary/aromatic N) is 1. The minimum atomic E-state index is 0.811. The van der Waals surface area contributed by atoms with Gasteiger partial charge in [0.05, 0.1) is 13.2 Å². The first-order valence-electron chi connectivity index (χ1n) is 6.38. The van der Waals surface area contributed by atoms with E-state index in [0.717, 1.165) is 44.7 Å². The van der Waals surface area contributed by atoms with Crippen LogP contribution in [0.5, 0.6) is 0 Å². The Morgan fingerprint density at radius 1 is 1.00 bits per heavy atom. The molecule has 2 fully saturated rings. The Bertz CT molecular complexity index is 172. The van der Waals surface area contributed by atoms with E-state index in [1.165, 1.54) is 32.2 Å². The van der Waals surface area contributed by atoms with Crippen molar-refractivity contribution >= 4 is 0 Å². The molecule has 0 aromatic heterocycles. The van der Waals surface area contributed by atoms with E-state index in [1.54, 1.807) is 0 Å². The van der Waals surface area contributed by atoms with Gasteiger partial charge >= 0.3 is 0 Å². The lowest BCUT2D eigenvalue weighted by molar-refractivity contribution is 0.0265. The van der Waals surface area contributed by atoms with Crippen LogP contribution in [0, 0.1) is 11.8 Å². The molecule has 1 saturated heterocycles. The summed E-state index contributed by atoms with van der Waals surface area (Å²) >= 11 is 0. The molecule has 1 aliphatic heterocycles. The number of nitrogens with two attached hydrogens (primary N) is 1. The third-order valence-corrected chi connectivity index (χ3v) is 3.92. The van der Waals surface area contributed by atoms with Crippen molar-refractivity contribution in [2.75, 3.05) is 39.4 Å². The van der Waals surface area contributed by atoms with Crippen LogP contribution in [0.15, 0.2) is 0 Å². The molecule has 0 bridgehead atoms. The lowest BCUT2D eigenvalue weighted by Crippen LogP contribution is -2.40. The summed E-state index contributed by atoms with van der Waals surface area (Å²) < 4.78 is 5.37. The van der Waals surface area contributed by atoms with Crippen molar-refractivity contribution in [3.05, 3.63) is 0 Å². The Morgan fingerprint density at radius 2 is 1.60 bits per heavy atom. The van der Waals surface area contributed by atoms with Crippen LogP contribution in [-0.2, 0) is 4.74 Å². The molecule has 1 heterocycles. The van der Waals surface area contributed by atoms with Gasteiger partial charge in [0.1, 0.15) is 0 Å². The second-order valence-corrected chi connectivity index (χ2v) is 5.04. The van der Waals surface area contributed by atoms with Gasteiger partial charge < -0.3 is 10.5 Å². The van der Waals surface area contributed by atoms with Crippen LogP contribution in [0.25, 0.3) is 0 Å². The molecule has 2 rings (SSSR count). The van der Waals surface area contributed by atoms with Gasteiger partial charge in [-0.3, -0.25) is 4.90 Å². The van der Waals surface area contributed by atoms with Crippen LogP contribution in [0.1, 0.15) is 25.7 Å². The van der Waals surface area contributed by atoms with Gasteiger partial charge in [0.15, 0.2) is 0 Å². The third kappa shape index (κ3) is 3.44. The zero-order valence-corrected chi connectivity index (χ0v) is 9.66. The highest BCUT2D eigenvalue weighted by Crippen LogP contribution is 2.28. The summed E-state index contributed by atoms with van der Waals surface area (Å²) in [5.41, 5.74) is 5.71. The predicted octanol–water partition coefficient (Wildman–Crippen LogP) is 1.08. The summed E-state index contributed by atoms with van der Waals surface area (Å²) in [7, 11) is 0. The number of ether oxygens (including phenoxy) is 1. The van der Waals surface area contributed by atoms with Gasteiger partial charge in [-0.25, -0.2) is 0 Å². The Balaban J connectivity index is 1.67. The molecule has 88 valence electrons. The molecule has 2 aliphatic rings. The van der Waals surface area contributed by atoms with Crippen molar-refractivity contribution in [2.24, 2.45) is 17.6 Å². The normalized spacial score (nSPS) is 34.2. The van der Waals surface area contributed by atoms with E-state index in [2.05, 4.69) is 4.90 Å². The van der Waals surface area contributed by atoms with Gasteiger partial charge in [-0.05, 0) is 44.1 Å². The first-order valence-corrected chi connectivity index (χ1v) is 6.38. The zero-order chi connectivity index (χ0) is 10.5. The monoisotopic (exact) mass is 212 g/mol. The van der Waals surface area contributed by atoms with Gasteiger partial charge in [-0.15, -0.1) is 0 Å². The lowest BCUT2D eigenvalue weighted by Gasteiger charge is -2.34. The van der Waals surface area contributed by atoms with Crippen molar-refractivity contribution < 1.29 is 4.74 Å². The molecule has 2 N–H and O–H groups in total. The number of hydrogen-bond acceptors (Lipinski definition) is 3. The standard InChI is InChI=1S/C12H24N2O/c13-9-11-1-3-12(4-2-11)10-14-5-7-15-8-6-14/h11-12H,1-10,13H2. The molecular formula is C12H24N2O. The summed E-state index contributed by atoms with van der Waals surface area (Å²) in [5, 5.41) is 0. The molecule has 0 amide bonds. The highest BCUT2D eigenvalue weighted by atomic mass is 16.5. The van der Waals surface area contributed by atoms with Crippen molar-refractivity contribution in [1.82, 2.24) is 4.90 Å². The summed E-state index contributed by atoms with van der Waals surface area (Å²) in [5.74, 6) is 1.73. The van der Waals surface area contributed by atoms with E-state index in [-0.39, 0.29) is 0 Å². The number of hydrogen-bond donors (Lipinski definition) is 1. The Kier molecular flexibility index (Phi) is 4.42. The smallest absolute Gasteiger partial charge is 0.0594 e. The van der Waals surface area contributed by atoms with Crippen LogP contribution < -0.4 is 5.73 Å². The maximum atomic E-state index is 5.71. The highest BCUT2D eigenvalue weighted by molar-refractivity contribution is 4.76. The molecule has 0 spiro atoms.